The number of aliphatic imine (C=N–C) groups is 1. The third-order valence-corrected chi connectivity index (χ3v) is 2.68. The second-order valence-electron chi connectivity index (χ2n) is 3.68. The third kappa shape index (κ3) is 2.29. The molecule has 0 aliphatic carbocycles. The molecule has 0 spiro atoms. The molecule has 0 radical (unpaired) electrons. The van der Waals surface area contributed by atoms with Gasteiger partial charge in [-0.1, -0.05) is 30.3 Å². The van der Waals surface area contributed by atoms with Gasteiger partial charge in [-0.25, -0.2) is 10.1 Å². The minimum Gasteiger partial charge on any atom is -0.473 e. The topological polar surface area (TPSA) is 51.1 Å². The molecule has 1 heterocycles. The summed E-state index contributed by atoms with van der Waals surface area (Å²) in [5.41, 5.74) is 0.924. The number of nitrogens with zero attached hydrogens (tertiary/aromatic N) is 2. The first-order valence-corrected chi connectivity index (χ1v) is 5.27. The van der Waals surface area contributed by atoms with E-state index in [9.17, 15) is 4.79 Å². The second kappa shape index (κ2) is 4.97. The molecule has 2 atom stereocenters. The molecule has 90 valence electrons. The van der Waals surface area contributed by atoms with Gasteiger partial charge in [-0.05, 0) is 5.56 Å². The first-order chi connectivity index (χ1) is 8.24. The van der Waals surface area contributed by atoms with E-state index in [2.05, 4.69) is 4.99 Å². The van der Waals surface area contributed by atoms with Crippen LogP contribution in [0.5, 0.6) is 0 Å². The van der Waals surface area contributed by atoms with Gasteiger partial charge in [0.15, 0.2) is 18.5 Å². The average molecular weight is 234 g/mol. The van der Waals surface area contributed by atoms with Gasteiger partial charge in [0.05, 0.1) is 7.11 Å². The SMILES string of the molecule is CON(C)C(=O)[C@@H]1N=CO[C@H]1c1ccccc1. The lowest BCUT2D eigenvalue weighted by atomic mass is 10.0. The molecular weight excluding hydrogens is 220 g/mol. The van der Waals surface area contributed by atoms with E-state index in [-0.39, 0.29) is 12.0 Å². The highest BCUT2D eigenvalue weighted by atomic mass is 16.7. The number of carbonyl (C=O) groups excluding carboxylic acids is 1. The zero-order valence-electron chi connectivity index (χ0n) is 9.74. The lowest BCUT2D eigenvalue weighted by Crippen LogP contribution is -2.36. The number of hydroxylamine groups is 2. The highest BCUT2D eigenvalue weighted by Crippen LogP contribution is 2.27. The number of hydrogen-bond acceptors (Lipinski definition) is 4. The van der Waals surface area contributed by atoms with Gasteiger partial charge in [0.25, 0.3) is 5.91 Å². The molecule has 0 saturated carbocycles. The van der Waals surface area contributed by atoms with E-state index in [1.165, 1.54) is 13.5 Å². The van der Waals surface area contributed by atoms with Gasteiger partial charge in [0.2, 0.25) is 0 Å². The van der Waals surface area contributed by atoms with Crippen molar-refractivity contribution in [1.29, 1.82) is 0 Å². The summed E-state index contributed by atoms with van der Waals surface area (Å²) in [6, 6.07) is 8.95. The molecule has 0 bridgehead atoms. The third-order valence-electron chi connectivity index (χ3n) is 2.68. The number of carbonyl (C=O) groups is 1. The summed E-state index contributed by atoms with van der Waals surface area (Å²) in [4.78, 5) is 20.9. The van der Waals surface area contributed by atoms with Gasteiger partial charge in [-0.2, -0.15) is 0 Å². The number of ether oxygens (including phenoxy) is 1. The van der Waals surface area contributed by atoms with Crippen LogP contribution in [-0.4, -0.2) is 37.6 Å². The first-order valence-electron chi connectivity index (χ1n) is 5.27. The van der Waals surface area contributed by atoms with Crippen molar-refractivity contribution in [2.45, 2.75) is 12.1 Å². The van der Waals surface area contributed by atoms with Crippen LogP contribution in [0.3, 0.4) is 0 Å². The molecule has 5 heteroatoms. The van der Waals surface area contributed by atoms with Crippen molar-refractivity contribution in [3.05, 3.63) is 35.9 Å². The summed E-state index contributed by atoms with van der Waals surface area (Å²) in [6.45, 7) is 0. The van der Waals surface area contributed by atoms with Crippen LogP contribution in [-0.2, 0) is 14.4 Å². The Labute approximate surface area is 99.6 Å². The van der Waals surface area contributed by atoms with Gasteiger partial charge in [-0.15, -0.1) is 0 Å². The van der Waals surface area contributed by atoms with Crippen LogP contribution >= 0.6 is 0 Å². The number of hydrogen-bond donors (Lipinski definition) is 0. The quantitative estimate of drug-likeness (QED) is 0.738. The summed E-state index contributed by atoms with van der Waals surface area (Å²) in [6.07, 6.45) is 0.949. The van der Waals surface area contributed by atoms with E-state index in [1.54, 1.807) is 7.05 Å². The first kappa shape index (κ1) is 11.6. The molecule has 0 saturated heterocycles. The molecule has 1 aliphatic heterocycles. The zero-order valence-corrected chi connectivity index (χ0v) is 9.74. The summed E-state index contributed by atoms with van der Waals surface area (Å²) >= 11 is 0. The molecule has 0 aromatic heterocycles. The summed E-state index contributed by atoms with van der Waals surface area (Å²) in [5, 5.41) is 1.16. The van der Waals surface area contributed by atoms with Gasteiger partial charge in [0.1, 0.15) is 0 Å². The number of likely N-dealkylation sites (N-methyl/N-ethyl adjacent to an activating group) is 1. The fraction of sp³-hybridized carbons (Fsp3) is 0.333. The van der Waals surface area contributed by atoms with Crippen molar-refractivity contribution < 1.29 is 14.4 Å². The van der Waals surface area contributed by atoms with E-state index in [1.807, 2.05) is 30.3 Å². The lowest BCUT2D eigenvalue weighted by Gasteiger charge is -2.21. The van der Waals surface area contributed by atoms with Gasteiger partial charge in [-0.3, -0.25) is 9.63 Å². The number of rotatable bonds is 3. The normalized spacial score (nSPS) is 22.2. The van der Waals surface area contributed by atoms with Crippen molar-refractivity contribution in [3.63, 3.8) is 0 Å². The molecule has 1 amide bonds. The fourth-order valence-electron chi connectivity index (χ4n) is 1.69. The molecule has 1 aliphatic rings. The Morgan fingerprint density at radius 2 is 2.12 bits per heavy atom. The number of benzene rings is 1. The monoisotopic (exact) mass is 234 g/mol. The van der Waals surface area contributed by atoms with E-state index < -0.39 is 6.04 Å². The predicted molar refractivity (Wildman–Crippen MR) is 62.3 cm³/mol. The number of amides is 1. The molecule has 5 nitrogen and oxygen atoms in total. The highest BCUT2D eigenvalue weighted by Gasteiger charge is 2.35. The average Bonchev–Trinajstić information content (AvgIpc) is 2.87. The maximum atomic E-state index is 12.0. The van der Waals surface area contributed by atoms with Crippen molar-refractivity contribution in [3.8, 4) is 0 Å². The Balaban J connectivity index is 2.18. The molecule has 17 heavy (non-hydrogen) atoms. The van der Waals surface area contributed by atoms with E-state index in [0.717, 1.165) is 10.6 Å². The Morgan fingerprint density at radius 3 is 2.76 bits per heavy atom. The van der Waals surface area contributed by atoms with Crippen LogP contribution in [0.2, 0.25) is 0 Å². The van der Waals surface area contributed by atoms with Crippen LogP contribution in [0.1, 0.15) is 11.7 Å². The Hall–Kier alpha value is -1.88. The minimum absolute atomic E-state index is 0.227. The largest absolute Gasteiger partial charge is 0.473 e. The van der Waals surface area contributed by atoms with Crippen LogP contribution in [0.4, 0.5) is 0 Å². The molecule has 0 fully saturated rings. The van der Waals surface area contributed by atoms with Crippen LogP contribution in [0.15, 0.2) is 35.3 Å². The second-order valence-corrected chi connectivity index (χ2v) is 3.68. The summed E-state index contributed by atoms with van der Waals surface area (Å²) in [5.74, 6) is -0.227. The Kier molecular flexibility index (Phi) is 3.39. The van der Waals surface area contributed by atoms with Gasteiger partial charge < -0.3 is 4.74 Å². The minimum atomic E-state index is -0.581. The van der Waals surface area contributed by atoms with Crippen molar-refractivity contribution in [2.75, 3.05) is 14.2 Å². The molecule has 1 aromatic carbocycles. The lowest BCUT2D eigenvalue weighted by molar-refractivity contribution is -0.171. The van der Waals surface area contributed by atoms with Crippen LogP contribution in [0, 0.1) is 0 Å². The Bertz CT molecular complexity index is 419. The van der Waals surface area contributed by atoms with Crippen molar-refractivity contribution in [2.24, 2.45) is 4.99 Å². The smallest absolute Gasteiger partial charge is 0.274 e. The summed E-state index contributed by atoms with van der Waals surface area (Å²) in [7, 11) is 2.99. The predicted octanol–water partition coefficient (Wildman–Crippen LogP) is 1.17. The summed E-state index contributed by atoms with van der Waals surface area (Å²) < 4.78 is 5.37. The van der Waals surface area contributed by atoms with E-state index in [0.29, 0.717) is 0 Å². The molecule has 1 aromatic rings. The molecule has 0 unspecified atom stereocenters. The zero-order chi connectivity index (χ0) is 12.3. The maximum absolute atomic E-state index is 12.0. The Morgan fingerprint density at radius 1 is 1.41 bits per heavy atom. The fourth-order valence-corrected chi connectivity index (χ4v) is 1.69. The van der Waals surface area contributed by atoms with Crippen molar-refractivity contribution >= 4 is 12.3 Å². The standard InChI is InChI=1S/C12H14N2O3/c1-14(16-2)12(15)10-11(17-8-13-10)9-6-4-3-5-7-9/h3-8,10-11H,1-2H3/t10-,11+/m1/s1. The van der Waals surface area contributed by atoms with Gasteiger partial charge >= 0.3 is 0 Å². The van der Waals surface area contributed by atoms with Crippen molar-refractivity contribution in [1.82, 2.24) is 5.06 Å². The molecule has 2 rings (SSSR count). The van der Waals surface area contributed by atoms with Gasteiger partial charge in [0, 0.05) is 7.05 Å². The van der Waals surface area contributed by atoms with Crippen LogP contribution < -0.4 is 0 Å². The van der Waals surface area contributed by atoms with Crippen LogP contribution in [0.25, 0.3) is 0 Å². The van der Waals surface area contributed by atoms with E-state index >= 15 is 0 Å². The van der Waals surface area contributed by atoms with E-state index in [4.69, 9.17) is 9.57 Å². The molecule has 0 N–H and O–H groups in total. The maximum Gasteiger partial charge on any atom is 0.274 e. The highest BCUT2D eigenvalue weighted by molar-refractivity contribution is 5.84. The molecular formula is C12H14N2O3.